The summed E-state index contributed by atoms with van der Waals surface area (Å²) in [5.74, 6) is 0.536. The van der Waals surface area contributed by atoms with E-state index in [0.29, 0.717) is 19.1 Å². The van der Waals surface area contributed by atoms with Gasteiger partial charge in [0, 0.05) is 26.7 Å². The minimum absolute atomic E-state index is 0.0114. The van der Waals surface area contributed by atoms with Gasteiger partial charge in [0.2, 0.25) is 5.91 Å². The first-order chi connectivity index (χ1) is 11.8. The van der Waals surface area contributed by atoms with Gasteiger partial charge in [0.05, 0.1) is 12.7 Å². The summed E-state index contributed by atoms with van der Waals surface area (Å²) in [6.07, 6.45) is 2.97. The maximum Gasteiger partial charge on any atom is 0.249 e. The summed E-state index contributed by atoms with van der Waals surface area (Å²) in [6.45, 7) is 4.20. The molecule has 1 amide bonds. The number of hydrogen-bond acceptors (Lipinski definition) is 4. The van der Waals surface area contributed by atoms with Gasteiger partial charge in [-0.15, -0.1) is 0 Å². The van der Waals surface area contributed by atoms with Crippen LogP contribution in [-0.2, 0) is 20.7 Å². The molecule has 0 radical (unpaired) electrons. The number of rotatable bonds is 7. The molecule has 2 fully saturated rings. The molecule has 0 unspecified atom stereocenters. The molecule has 2 heterocycles. The lowest BCUT2D eigenvalue weighted by atomic mass is 9.91. The zero-order valence-electron chi connectivity index (χ0n) is 14.4. The van der Waals surface area contributed by atoms with E-state index in [-0.39, 0.29) is 18.1 Å². The minimum atomic E-state index is -0.286. The predicted molar refractivity (Wildman–Crippen MR) is 92.9 cm³/mol. The summed E-state index contributed by atoms with van der Waals surface area (Å²) in [4.78, 5) is 14.6. The fourth-order valence-corrected chi connectivity index (χ4v) is 3.69. The third-order valence-electron chi connectivity index (χ3n) is 5.09. The van der Waals surface area contributed by atoms with Crippen molar-refractivity contribution in [3.05, 3.63) is 35.9 Å². The van der Waals surface area contributed by atoms with Crippen LogP contribution in [0.4, 0.5) is 0 Å². The summed E-state index contributed by atoms with van der Waals surface area (Å²) in [5.41, 5.74) is 1.38. The van der Waals surface area contributed by atoms with Gasteiger partial charge in [-0.3, -0.25) is 4.79 Å². The van der Waals surface area contributed by atoms with Crippen molar-refractivity contribution in [2.24, 2.45) is 5.92 Å². The Morgan fingerprint density at radius 3 is 3.00 bits per heavy atom. The van der Waals surface area contributed by atoms with Gasteiger partial charge >= 0.3 is 0 Å². The number of amides is 1. The third-order valence-corrected chi connectivity index (χ3v) is 5.09. The van der Waals surface area contributed by atoms with Crippen molar-refractivity contribution in [1.29, 1.82) is 0 Å². The van der Waals surface area contributed by atoms with Crippen LogP contribution in [0.1, 0.15) is 18.4 Å². The molecule has 5 nitrogen and oxygen atoms in total. The van der Waals surface area contributed by atoms with Gasteiger partial charge in [0.15, 0.2) is 0 Å². The molecule has 2 aliphatic heterocycles. The van der Waals surface area contributed by atoms with Crippen LogP contribution in [0, 0.1) is 5.92 Å². The van der Waals surface area contributed by atoms with Gasteiger partial charge in [0.1, 0.15) is 6.10 Å². The van der Waals surface area contributed by atoms with Gasteiger partial charge in [-0.05, 0) is 37.3 Å². The van der Waals surface area contributed by atoms with Crippen LogP contribution in [0.25, 0.3) is 0 Å². The molecule has 3 atom stereocenters. The molecule has 0 saturated carbocycles. The number of ether oxygens (including phenoxy) is 2. The van der Waals surface area contributed by atoms with Gasteiger partial charge in [-0.25, -0.2) is 0 Å². The molecule has 1 aromatic rings. The molecule has 2 saturated heterocycles. The number of carbonyl (C=O) groups excluding carboxylic acids is 1. The molecule has 5 heteroatoms. The van der Waals surface area contributed by atoms with E-state index in [9.17, 15) is 4.79 Å². The molecule has 3 rings (SSSR count). The molecule has 0 bridgehead atoms. The fraction of sp³-hybridized carbons (Fsp3) is 0.632. The Labute approximate surface area is 144 Å². The Hall–Kier alpha value is -1.43. The van der Waals surface area contributed by atoms with E-state index in [4.69, 9.17) is 9.47 Å². The fourth-order valence-electron chi connectivity index (χ4n) is 3.69. The monoisotopic (exact) mass is 332 g/mol. The van der Waals surface area contributed by atoms with Crippen LogP contribution in [-0.4, -0.2) is 62.9 Å². The highest BCUT2D eigenvalue weighted by Crippen LogP contribution is 2.33. The first-order valence-electron chi connectivity index (χ1n) is 8.94. The number of hydrogen-bond donors (Lipinski definition) is 1. The highest BCUT2D eigenvalue weighted by molar-refractivity contribution is 5.81. The summed E-state index contributed by atoms with van der Waals surface area (Å²) in [7, 11) is 1.64. The Morgan fingerprint density at radius 1 is 1.38 bits per heavy atom. The van der Waals surface area contributed by atoms with E-state index in [1.54, 1.807) is 7.11 Å². The SMILES string of the molecule is COCCNC(=O)[C@H]1C[C@@H]2CCN(CCc3ccccc3)C[C@@H]2O1. The number of benzene rings is 1. The van der Waals surface area contributed by atoms with Gasteiger partial charge < -0.3 is 19.7 Å². The van der Waals surface area contributed by atoms with Crippen LogP contribution in [0.5, 0.6) is 0 Å². The highest BCUT2D eigenvalue weighted by atomic mass is 16.5. The second-order valence-corrected chi connectivity index (χ2v) is 6.77. The molecule has 1 N–H and O–H groups in total. The van der Waals surface area contributed by atoms with Crippen LogP contribution in [0.2, 0.25) is 0 Å². The predicted octanol–water partition coefficient (Wildman–Crippen LogP) is 1.47. The lowest BCUT2D eigenvalue weighted by Crippen LogP contribution is -2.43. The van der Waals surface area contributed by atoms with E-state index >= 15 is 0 Å². The second kappa shape index (κ2) is 8.60. The summed E-state index contributed by atoms with van der Waals surface area (Å²) < 4.78 is 11.0. The number of piperidine rings is 1. The molecule has 0 spiro atoms. The molecule has 24 heavy (non-hydrogen) atoms. The Balaban J connectivity index is 1.43. The first kappa shape index (κ1) is 17.4. The lowest BCUT2D eigenvalue weighted by Gasteiger charge is -2.34. The molecule has 2 aliphatic rings. The van der Waals surface area contributed by atoms with Crippen molar-refractivity contribution in [2.45, 2.75) is 31.5 Å². The lowest BCUT2D eigenvalue weighted by molar-refractivity contribution is -0.133. The average molecular weight is 332 g/mol. The molecule has 1 aromatic carbocycles. The van der Waals surface area contributed by atoms with Crippen LogP contribution in [0.15, 0.2) is 30.3 Å². The smallest absolute Gasteiger partial charge is 0.249 e. The van der Waals surface area contributed by atoms with Gasteiger partial charge in [0.25, 0.3) is 0 Å². The van der Waals surface area contributed by atoms with E-state index in [1.807, 2.05) is 0 Å². The van der Waals surface area contributed by atoms with E-state index in [2.05, 4.69) is 40.5 Å². The van der Waals surface area contributed by atoms with Crippen LogP contribution >= 0.6 is 0 Å². The highest BCUT2D eigenvalue weighted by Gasteiger charge is 2.41. The van der Waals surface area contributed by atoms with E-state index < -0.39 is 0 Å². The van der Waals surface area contributed by atoms with Crippen molar-refractivity contribution < 1.29 is 14.3 Å². The number of methoxy groups -OCH3 is 1. The van der Waals surface area contributed by atoms with Crippen LogP contribution in [0.3, 0.4) is 0 Å². The summed E-state index contributed by atoms with van der Waals surface area (Å²) in [6, 6.07) is 10.6. The zero-order chi connectivity index (χ0) is 16.8. The quantitative estimate of drug-likeness (QED) is 0.768. The Kier molecular flexibility index (Phi) is 6.24. The topological polar surface area (TPSA) is 50.8 Å². The number of carbonyl (C=O) groups is 1. The number of nitrogens with zero attached hydrogens (tertiary/aromatic N) is 1. The van der Waals surface area contributed by atoms with Crippen molar-refractivity contribution in [3.63, 3.8) is 0 Å². The van der Waals surface area contributed by atoms with Crippen molar-refractivity contribution in [2.75, 3.05) is 39.9 Å². The first-order valence-corrected chi connectivity index (χ1v) is 8.94. The maximum absolute atomic E-state index is 12.2. The molecule has 0 aromatic heterocycles. The summed E-state index contributed by atoms with van der Waals surface area (Å²) >= 11 is 0. The Bertz CT molecular complexity index is 523. The van der Waals surface area contributed by atoms with Crippen molar-refractivity contribution in [3.8, 4) is 0 Å². The molecular formula is C19H28N2O3. The van der Waals surface area contributed by atoms with E-state index in [1.165, 1.54) is 5.56 Å². The molecular weight excluding hydrogens is 304 g/mol. The van der Waals surface area contributed by atoms with Crippen LogP contribution < -0.4 is 5.32 Å². The number of nitrogens with one attached hydrogen (secondary N) is 1. The zero-order valence-corrected chi connectivity index (χ0v) is 14.4. The minimum Gasteiger partial charge on any atom is -0.383 e. The average Bonchev–Trinajstić information content (AvgIpc) is 3.04. The second-order valence-electron chi connectivity index (χ2n) is 6.77. The largest absolute Gasteiger partial charge is 0.383 e. The Morgan fingerprint density at radius 2 is 2.21 bits per heavy atom. The van der Waals surface area contributed by atoms with E-state index in [0.717, 1.165) is 38.9 Å². The summed E-state index contributed by atoms with van der Waals surface area (Å²) in [5, 5.41) is 2.89. The maximum atomic E-state index is 12.2. The van der Waals surface area contributed by atoms with Crippen molar-refractivity contribution >= 4 is 5.91 Å². The molecule has 132 valence electrons. The molecule has 0 aliphatic carbocycles. The van der Waals surface area contributed by atoms with Gasteiger partial charge in [-0.2, -0.15) is 0 Å². The third kappa shape index (κ3) is 4.56. The normalized spacial score (nSPS) is 27.0. The standard InChI is InChI=1S/C19H28N2O3/c1-23-12-9-20-19(22)17-13-16-8-11-21(14-18(16)24-17)10-7-15-5-3-2-4-6-15/h2-6,16-18H,7-14H2,1H3,(H,20,22)/t16-,17+,18-/m0/s1. The number of likely N-dealkylation sites (tertiary alicyclic amines) is 1. The van der Waals surface area contributed by atoms with Crippen molar-refractivity contribution in [1.82, 2.24) is 10.2 Å². The van der Waals surface area contributed by atoms with Gasteiger partial charge in [-0.1, -0.05) is 30.3 Å². The number of fused-ring (bicyclic) bond motifs is 1.